The zero-order valence-electron chi connectivity index (χ0n) is 19.6. The van der Waals surface area contributed by atoms with E-state index in [1.54, 1.807) is 26.2 Å². The second kappa shape index (κ2) is 10.8. The number of rotatable bonds is 8. The maximum absolute atomic E-state index is 13.2. The van der Waals surface area contributed by atoms with Crippen LogP contribution in [0.15, 0.2) is 54.6 Å². The number of benzene rings is 2. The van der Waals surface area contributed by atoms with Gasteiger partial charge in [-0.1, -0.05) is 53.8 Å². The Bertz CT molecular complexity index is 1150. The summed E-state index contributed by atoms with van der Waals surface area (Å²) < 4.78 is 11.6. The number of amides is 2. The van der Waals surface area contributed by atoms with Crippen molar-refractivity contribution in [3.05, 3.63) is 70.7 Å². The van der Waals surface area contributed by atoms with E-state index in [9.17, 15) is 9.59 Å². The van der Waals surface area contributed by atoms with Crippen LogP contribution in [0.1, 0.15) is 47.1 Å². The minimum absolute atomic E-state index is 0.0286. The van der Waals surface area contributed by atoms with Crippen molar-refractivity contribution in [3.63, 3.8) is 0 Å². The van der Waals surface area contributed by atoms with Crippen LogP contribution in [0.3, 0.4) is 0 Å². The van der Waals surface area contributed by atoms with Gasteiger partial charge in [0.1, 0.15) is 10.6 Å². The number of anilines is 2. The summed E-state index contributed by atoms with van der Waals surface area (Å²) in [6, 6.07) is 17.2. The predicted molar refractivity (Wildman–Crippen MR) is 133 cm³/mol. The second-order valence-electron chi connectivity index (χ2n) is 8.28. The SMILES string of the molecule is COc1ccccc1N(C(C)=O)c1nc(C)c(C(=O)N[C@H]2CCC[C@@H]2OCc2ccccc2)s1. The fraction of sp³-hybridized carbons (Fsp3) is 0.346. The lowest BCUT2D eigenvalue weighted by atomic mass is 10.2. The minimum Gasteiger partial charge on any atom is -0.495 e. The van der Waals surface area contributed by atoms with E-state index in [2.05, 4.69) is 10.3 Å². The molecule has 34 heavy (non-hydrogen) atoms. The molecule has 1 saturated carbocycles. The zero-order valence-corrected chi connectivity index (χ0v) is 20.4. The third-order valence-corrected chi connectivity index (χ3v) is 7.04. The van der Waals surface area contributed by atoms with Crippen molar-refractivity contribution in [1.82, 2.24) is 10.3 Å². The predicted octanol–water partition coefficient (Wildman–Crippen LogP) is 5.01. The zero-order chi connectivity index (χ0) is 24.1. The van der Waals surface area contributed by atoms with Crippen molar-refractivity contribution in [1.29, 1.82) is 0 Å². The Hall–Kier alpha value is -3.23. The Balaban J connectivity index is 1.49. The molecule has 0 spiro atoms. The number of carbonyl (C=O) groups excluding carboxylic acids is 2. The summed E-state index contributed by atoms with van der Waals surface area (Å²) in [5.74, 6) is 0.154. The first-order valence-corrected chi connectivity index (χ1v) is 12.2. The van der Waals surface area contributed by atoms with Gasteiger partial charge in [-0.3, -0.25) is 14.5 Å². The number of nitrogens with zero attached hydrogens (tertiary/aromatic N) is 2. The van der Waals surface area contributed by atoms with Crippen molar-refractivity contribution >= 4 is 34.0 Å². The van der Waals surface area contributed by atoms with E-state index in [0.29, 0.717) is 33.7 Å². The molecule has 2 atom stereocenters. The van der Waals surface area contributed by atoms with Gasteiger partial charge in [0, 0.05) is 6.92 Å². The van der Waals surface area contributed by atoms with Gasteiger partial charge in [-0.05, 0) is 43.9 Å². The number of hydrogen-bond donors (Lipinski definition) is 1. The van der Waals surface area contributed by atoms with Gasteiger partial charge in [0.2, 0.25) is 5.91 Å². The van der Waals surface area contributed by atoms with E-state index in [1.165, 1.54) is 23.2 Å². The number of aromatic nitrogens is 1. The normalized spacial score (nSPS) is 17.4. The third kappa shape index (κ3) is 5.29. The molecule has 1 fully saturated rings. The Kier molecular flexibility index (Phi) is 7.59. The van der Waals surface area contributed by atoms with Crippen molar-refractivity contribution in [2.45, 2.75) is 51.9 Å². The van der Waals surface area contributed by atoms with Crippen LogP contribution in [0.5, 0.6) is 5.75 Å². The van der Waals surface area contributed by atoms with Crippen molar-refractivity contribution in [2.75, 3.05) is 12.0 Å². The van der Waals surface area contributed by atoms with E-state index < -0.39 is 0 Å². The van der Waals surface area contributed by atoms with E-state index >= 15 is 0 Å². The molecule has 0 saturated heterocycles. The number of nitrogens with one attached hydrogen (secondary N) is 1. The summed E-state index contributed by atoms with van der Waals surface area (Å²) in [4.78, 5) is 32.2. The van der Waals surface area contributed by atoms with E-state index in [-0.39, 0.29) is 24.0 Å². The molecule has 2 aromatic carbocycles. The number of aryl methyl sites for hydroxylation is 1. The largest absolute Gasteiger partial charge is 0.495 e. The van der Waals surface area contributed by atoms with Crippen LogP contribution < -0.4 is 15.0 Å². The fourth-order valence-corrected chi connectivity index (χ4v) is 5.24. The first-order chi connectivity index (χ1) is 16.5. The lowest BCUT2D eigenvalue weighted by Crippen LogP contribution is -2.41. The van der Waals surface area contributed by atoms with Gasteiger partial charge in [0.15, 0.2) is 5.13 Å². The monoisotopic (exact) mass is 479 g/mol. The van der Waals surface area contributed by atoms with Crippen molar-refractivity contribution in [2.24, 2.45) is 0 Å². The van der Waals surface area contributed by atoms with Crippen molar-refractivity contribution in [3.8, 4) is 5.75 Å². The van der Waals surface area contributed by atoms with Crippen LogP contribution in [0, 0.1) is 6.92 Å². The molecule has 0 bridgehead atoms. The molecule has 0 aliphatic heterocycles. The van der Waals surface area contributed by atoms with Gasteiger partial charge in [0.25, 0.3) is 5.91 Å². The quantitative estimate of drug-likeness (QED) is 0.491. The molecule has 178 valence electrons. The van der Waals surface area contributed by atoms with Gasteiger partial charge in [-0.25, -0.2) is 4.98 Å². The lowest BCUT2D eigenvalue weighted by molar-refractivity contribution is -0.115. The van der Waals surface area contributed by atoms with E-state index in [4.69, 9.17) is 9.47 Å². The number of carbonyl (C=O) groups is 2. The van der Waals surface area contributed by atoms with Gasteiger partial charge < -0.3 is 14.8 Å². The topological polar surface area (TPSA) is 80.8 Å². The number of hydrogen-bond acceptors (Lipinski definition) is 6. The summed E-state index contributed by atoms with van der Waals surface area (Å²) in [6.45, 7) is 3.78. The summed E-state index contributed by atoms with van der Waals surface area (Å²) in [5, 5.41) is 3.58. The standard InChI is InChI=1S/C26H29N3O4S/c1-17-24(34-26(27-17)29(18(2)30)21-13-7-8-14-23(21)32-3)25(31)28-20-12-9-15-22(20)33-16-19-10-5-4-6-11-19/h4-8,10-11,13-14,20,22H,9,12,15-16H2,1-3H3,(H,28,31)/t20-,22-/m0/s1. The fourth-order valence-electron chi connectivity index (χ4n) is 4.21. The first-order valence-electron chi connectivity index (χ1n) is 11.4. The van der Waals surface area contributed by atoms with E-state index in [1.807, 2.05) is 42.5 Å². The molecule has 0 radical (unpaired) electrons. The van der Waals surface area contributed by atoms with Crippen LogP contribution in [0.4, 0.5) is 10.8 Å². The molecule has 7 nitrogen and oxygen atoms in total. The molecule has 3 aromatic rings. The smallest absolute Gasteiger partial charge is 0.263 e. The Labute approximate surface area is 203 Å². The molecule has 2 amide bonds. The average molecular weight is 480 g/mol. The summed E-state index contributed by atoms with van der Waals surface area (Å²) in [6.07, 6.45) is 2.76. The molecule has 1 aliphatic carbocycles. The highest BCUT2D eigenvalue weighted by Crippen LogP contribution is 2.37. The maximum Gasteiger partial charge on any atom is 0.263 e. The third-order valence-electron chi connectivity index (χ3n) is 5.90. The Morgan fingerprint density at radius 2 is 1.85 bits per heavy atom. The number of ether oxygens (including phenoxy) is 2. The Morgan fingerprint density at radius 1 is 1.12 bits per heavy atom. The van der Waals surface area contributed by atoms with Gasteiger partial charge in [0.05, 0.1) is 37.2 Å². The highest BCUT2D eigenvalue weighted by molar-refractivity contribution is 7.17. The lowest BCUT2D eigenvalue weighted by Gasteiger charge is -2.21. The van der Waals surface area contributed by atoms with E-state index in [0.717, 1.165) is 24.8 Å². The summed E-state index contributed by atoms with van der Waals surface area (Å²) >= 11 is 1.20. The number of methoxy groups -OCH3 is 1. The van der Waals surface area contributed by atoms with Gasteiger partial charge in [-0.2, -0.15) is 0 Å². The van der Waals surface area contributed by atoms with Gasteiger partial charge >= 0.3 is 0 Å². The first kappa shape index (κ1) is 23.9. The van der Waals surface area contributed by atoms with Crippen LogP contribution in [-0.4, -0.2) is 36.1 Å². The second-order valence-corrected chi connectivity index (χ2v) is 9.26. The molecule has 0 unspecified atom stereocenters. The maximum atomic E-state index is 13.2. The molecule has 1 N–H and O–H groups in total. The van der Waals surface area contributed by atoms with Crippen LogP contribution in [-0.2, 0) is 16.1 Å². The molecular formula is C26H29N3O4S. The summed E-state index contributed by atoms with van der Waals surface area (Å²) in [5.41, 5.74) is 2.28. The summed E-state index contributed by atoms with van der Waals surface area (Å²) in [7, 11) is 1.56. The Morgan fingerprint density at radius 3 is 2.59 bits per heavy atom. The van der Waals surface area contributed by atoms with Crippen molar-refractivity contribution < 1.29 is 19.1 Å². The highest BCUT2D eigenvalue weighted by atomic mass is 32.1. The molecule has 1 aromatic heterocycles. The molecule has 8 heteroatoms. The number of thiazole rings is 1. The van der Waals surface area contributed by atoms with Gasteiger partial charge in [-0.15, -0.1) is 0 Å². The molecule has 1 aliphatic rings. The highest BCUT2D eigenvalue weighted by Gasteiger charge is 2.31. The van der Waals surface area contributed by atoms with Crippen LogP contribution in [0.25, 0.3) is 0 Å². The number of para-hydroxylation sites is 2. The molecule has 4 rings (SSSR count). The average Bonchev–Trinajstić information content (AvgIpc) is 3.44. The molecular weight excluding hydrogens is 450 g/mol. The molecule has 1 heterocycles. The minimum atomic E-state index is -0.213. The van der Waals surface area contributed by atoms with Crippen LogP contribution >= 0.6 is 11.3 Å². The van der Waals surface area contributed by atoms with Crippen LogP contribution in [0.2, 0.25) is 0 Å².